The fraction of sp³-hybridized carbons (Fsp3) is 0.286. The lowest BCUT2D eigenvalue weighted by molar-refractivity contribution is -0.147. The molecular weight excluding hydrogens is 417 g/mol. The first kappa shape index (κ1) is 23.7. The van der Waals surface area contributed by atoms with Crippen molar-refractivity contribution in [3.8, 4) is 5.75 Å². The molecule has 0 heterocycles. The van der Waals surface area contributed by atoms with E-state index in [4.69, 9.17) is 9.47 Å². The molecule has 0 aliphatic rings. The molecule has 0 unspecified atom stereocenters. The van der Waals surface area contributed by atoms with E-state index in [0.717, 1.165) is 12.1 Å². The Morgan fingerprint density at radius 2 is 1.48 bits per heavy atom. The van der Waals surface area contributed by atoms with Crippen LogP contribution in [0.15, 0.2) is 48.5 Å². The van der Waals surface area contributed by atoms with Gasteiger partial charge in [-0.2, -0.15) is 13.2 Å². The van der Waals surface area contributed by atoms with Gasteiger partial charge in [0.1, 0.15) is 5.75 Å². The molecule has 0 fully saturated rings. The molecule has 2 aromatic rings. The monoisotopic (exact) mass is 438 g/mol. The number of para-hydroxylation sites is 3. The Kier molecular flexibility index (Phi) is 8.42. The van der Waals surface area contributed by atoms with E-state index in [-0.39, 0.29) is 25.2 Å². The molecule has 0 saturated carbocycles. The highest BCUT2D eigenvalue weighted by molar-refractivity contribution is 5.94. The maximum absolute atomic E-state index is 12.9. The van der Waals surface area contributed by atoms with Gasteiger partial charge in [-0.05, 0) is 30.7 Å². The summed E-state index contributed by atoms with van der Waals surface area (Å²) in [6.07, 6.45) is -4.58. The van der Waals surface area contributed by atoms with Gasteiger partial charge in [0.2, 0.25) is 5.91 Å². The molecule has 31 heavy (non-hydrogen) atoms. The normalized spacial score (nSPS) is 10.8. The number of halogens is 3. The van der Waals surface area contributed by atoms with Crippen molar-refractivity contribution in [3.63, 3.8) is 0 Å². The molecule has 2 rings (SSSR count). The van der Waals surface area contributed by atoms with Gasteiger partial charge in [0.25, 0.3) is 5.91 Å². The number of anilines is 2. The molecule has 0 spiro atoms. The van der Waals surface area contributed by atoms with Crippen LogP contribution in [0.2, 0.25) is 0 Å². The number of benzene rings is 2. The highest BCUT2D eigenvalue weighted by Crippen LogP contribution is 2.34. The van der Waals surface area contributed by atoms with Crippen molar-refractivity contribution in [2.24, 2.45) is 0 Å². The van der Waals surface area contributed by atoms with Crippen LogP contribution >= 0.6 is 0 Å². The van der Waals surface area contributed by atoms with Crippen LogP contribution in [-0.2, 0) is 25.3 Å². The Bertz CT molecular complexity index is 931. The van der Waals surface area contributed by atoms with Crippen molar-refractivity contribution in [3.05, 3.63) is 54.1 Å². The summed E-state index contributed by atoms with van der Waals surface area (Å²) in [4.78, 5) is 35.5. The predicted molar refractivity (Wildman–Crippen MR) is 107 cm³/mol. The Labute approximate surface area is 176 Å². The number of hydrogen-bond donors (Lipinski definition) is 2. The topological polar surface area (TPSA) is 93.7 Å². The Morgan fingerprint density at radius 3 is 2.16 bits per heavy atom. The average Bonchev–Trinajstić information content (AvgIpc) is 2.72. The van der Waals surface area contributed by atoms with Crippen LogP contribution in [0.3, 0.4) is 0 Å². The van der Waals surface area contributed by atoms with Crippen molar-refractivity contribution in [2.45, 2.75) is 25.4 Å². The van der Waals surface area contributed by atoms with E-state index in [0.29, 0.717) is 11.4 Å². The predicted octanol–water partition coefficient (Wildman–Crippen LogP) is 4.00. The van der Waals surface area contributed by atoms with E-state index in [1.165, 1.54) is 19.2 Å². The van der Waals surface area contributed by atoms with Crippen LogP contribution in [0.5, 0.6) is 5.75 Å². The van der Waals surface area contributed by atoms with Gasteiger partial charge in [-0.1, -0.05) is 24.3 Å². The molecular formula is C21H21F3N2O5. The molecule has 2 aromatic carbocycles. The van der Waals surface area contributed by atoms with Crippen molar-refractivity contribution in [2.75, 3.05) is 24.4 Å². The number of alkyl halides is 3. The quantitative estimate of drug-likeness (QED) is 0.577. The number of hydrogen-bond acceptors (Lipinski definition) is 5. The van der Waals surface area contributed by atoms with E-state index >= 15 is 0 Å². The standard InChI is InChI=1S/C21H21F3N2O5/c1-30-17-10-5-4-9-16(17)26-18(27)11-6-12-20(29)31-13-19(28)25-15-8-3-2-7-14(15)21(22,23)24/h2-5,7-10H,6,11-13H2,1H3,(H,25,28)(H,26,27). The average molecular weight is 438 g/mol. The van der Waals surface area contributed by atoms with E-state index in [1.807, 2.05) is 0 Å². The minimum atomic E-state index is -4.63. The summed E-state index contributed by atoms with van der Waals surface area (Å²) < 4.78 is 48.6. The smallest absolute Gasteiger partial charge is 0.418 e. The third-order valence-corrected chi connectivity index (χ3v) is 4.04. The van der Waals surface area contributed by atoms with Crippen LogP contribution in [-0.4, -0.2) is 31.5 Å². The van der Waals surface area contributed by atoms with Crippen LogP contribution in [0, 0.1) is 0 Å². The second-order valence-electron chi connectivity index (χ2n) is 6.35. The first-order valence-corrected chi connectivity index (χ1v) is 9.25. The van der Waals surface area contributed by atoms with Gasteiger partial charge in [-0.15, -0.1) is 0 Å². The van der Waals surface area contributed by atoms with Gasteiger partial charge in [0.05, 0.1) is 24.0 Å². The van der Waals surface area contributed by atoms with E-state index in [2.05, 4.69) is 10.6 Å². The van der Waals surface area contributed by atoms with Crippen molar-refractivity contribution in [1.82, 2.24) is 0 Å². The Balaban J connectivity index is 1.72. The number of rotatable bonds is 9. The van der Waals surface area contributed by atoms with Gasteiger partial charge in [0, 0.05) is 12.8 Å². The Hall–Kier alpha value is -3.56. The zero-order chi connectivity index (χ0) is 22.9. The summed E-state index contributed by atoms with van der Waals surface area (Å²) in [5, 5.41) is 4.73. The van der Waals surface area contributed by atoms with Crippen LogP contribution in [0.4, 0.5) is 24.5 Å². The number of carbonyl (C=O) groups is 3. The lowest BCUT2D eigenvalue weighted by Crippen LogP contribution is -2.22. The summed E-state index contributed by atoms with van der Waals surface area (Å²) in [5.41, 5.74) is -0.937. The molecule has 0 atom stereocenters. The van der Waals surface area contributed by atoms with Gasteiger partial charge in [-0.25, -0.2) is 0 Å². The van der Waals surface area contributed by atoms with E-state index in [1.54, 1.807) is 24.3 Å². The molecule has 0 aliphatic heterocycles. The molecule has 0 aliphatic carbocycles. The fourth-order valence-electron chi connectivity index (χ4n) is 2.60. The molecule has 0 aromatic heterocycles. The molecule has 0 bridgehead atoms. The van der Waals surface area contributed by atoms with Gasteiger partial charge in [0.15, 0.2) is 6.61 Å². The number of esters is 1. The second-order valence-corrected chi connectivity index (χ2v) is 6.35. The third-order valence-electron chi connectivity index (χ3n) is 4.04. The minimum absolute atomic E-state index is 0.0261. The number of nitrogens with one attached hydrogen (secondary N) is 2. The number of ether oxygens (including phenoxy) is 2. The van der Waals surface area contributed by atoms with E-state index < -0.39 is 35.9 Å². The SMILES string of the molecule is COc1ccccc1NC(=O)CCCC(=O)OCC(=O)Nc1ccccc1C(F)(F)F. The molecule has 166 valence electrons. The van der Waals surface area contributed by atoms with Crippen molar-refractivity contribution in [1.29, 1.82) is 0 Å². The largest absolute Gasteiger partial charge is 0.495 e. The number of amides is 2. The maximum Gasteiger partial charge on any atom is 0.418 e. The van der Waals surface area contributed by atoms with Crippen LogP contribution in [0.25, 0.3) is 0 Å². The number of methoxy groups -OCH3 is 1. The third kappa shape index (κ3) is 7.65. The summed E-state index contributed by atoms with van der Waals surface area (Å²) >= 11 is 0. The molecule has 10 heteroatoms. The van der Waals surface area contributed by atoms with Crippen LogP contribution in [0.1, 0.15) is 24.8 Å². The summed E-state index contributed by atoms with van der Waals surface area (Å²) in [6.45, 7) is -0.738. The van der Waals surface area contributed by atoms with Crippen LogP contribution < -0.4 is 15.4 Å². The first-order valence-electron chi connectivity index (χ1n) is 9.25. The van der Waals surface area contributed by atoms with Crippen molar-refractivity contribution < 1.29 is 37.0 Å². The van der Waals surface area contributed by atoms with Gasteiger partial charge >= 0.3 is 12.1 Å². The zero-order valence-electron chi connectivity index (χ0n) is 16.6. The van der Waals surface area contributed by atoms with Gasteiger partial charge < -0.3 is 20.1 Å². The maximum atomic E-state index is 12.9. The number of carbonyl (C=O) groups excluding carboxylic acids is 3. The van der Waals surface area contributed by atoms with E-state index in [9.17, 15) is 27.6 Å². The zero-order valence-corrected chi connectivity index (χ0v) is 16.6. The summed E-state index contributed by atoms with van der Waals surface area (Å²) in [5.74, 6) is -1.49. The molecule has 7 nitrogen and oxygen atoms in total. The molecule has 2 amide bonds. The summed E-state index contributed by atoms with van der Waals surface area (Å²) in [7, 11) is 1.47. The van der Waals surface area contributed by atoms with Gasteiger partial charge in [-0.3, -0.25) is 14.4 Å². The molecule has 0 radical (unpaired) electrons. The first-order chi connectivity index (χ1) is 14.7. The lowest BCUT2D eigenvalue weighted by atomic mass is 10.1. The fourth-order valence-corrected chi connectivity index (χ4v) is 2.60. The second kappa shape index (κ2) is 11.0. The Morgan fingerprint density at radius 1 is 0.871 bits per heavy atom. The highest BCUT2D eigenvalue weighted by Gasteiger charge is 2.33. The summed E-state index contributed by atoms with van der Waals surface area (Å²) in [6, 6.07) is 11.3. The minimum Gasteiger partial charge on any atom is -0.495 e. The van der Waals surface area contributed by atoms with Crippen molar-refractivity contribution >= 4 is 29.2 Å². The lowest BCUT2D eigenvalue weighted by Gasteiger charge is -2.13. The molecule has 0 saturated heterocycles. The molecule has 2 N–H and O–H groups in total. The highest BCUT2D eigenvalue weighted by atomic mass is 19.4.